The molecule has 1 N–H and O–H groups in total. The Bertz CT molecular complexity index is 740. The Morgan fingerprint density at radius 2 is 2.16 bits per heavy atom. The van der Waals surface area contributed by atoms with Crippen molar-refractivity contribution in [2.24, 2.45) is 0 Å². The summed E-state index contributed by atoms with van der Waals surface area (Å²) in [5.74, 6) is 0.333. The fraction of sp³-hybridized carbons (Fsp3) is 0. The molecular formula is C13H8BrN3O2. The number of rotatable bonds is 2. The van der Waals surface area contributed by atoms with Crippen LogP contribution in [0.2, 0.25) is 0 Å². The lowest BCUT2D eigenvalue weighted by molar-refractivity contribution is 0.0998. The lowest BCUT2D eigenvalue weighted by Crippen LogP contribution is -2.11. The van der Waals surface area contributed by atoms with Crippen LogP contribution in [0.1, 0.15) is 10.6 Å². The maximum absolute atomic E-state index is 12.0. The molecule has 0 aliphatic rings. The van der Waals surface area contributed by atoms with E-state index in [2.05, 4.69) is 31.2 Å². The number of aromatic nitrogens is 2. The van der Waals surface area contributed by atoms with E-state index in [1.54, 1.807) is 18.3 Å². The minimum atomic E-state index is -0.342. The van der Waals surface area contributed by atoms with Crippen LogP contribution in [-0.4, -0.2) is 15.9 Å². The van der Waals surface area contributed by atoms with Crippen molar-refractivity contribution in [2.45, 2.75) is 0 Å². The van der Waals surface area contributed by atoms with E-state index in [0.29, 0.717) is 11.4 Å². The van der Waals surface area contributed by atoms with Gasteiger partial charge in [0.1, 0.15) is 17.7 Å². The number of hydrogen-bond donors (Lipinski definition) is 1. The minimum Gasteiger partial charge on any atom is -0.451 e. The van der Waals surface area contributed by atoms with E-state index in [9.17, 15) is 4.79 Å². The molecule has 0 saturated heterocycles. The smallest absolute Gasteiger partial charge is 0.292 e. The predicted molar refractivity (Wildman–Crippen MR) is 73.9 cm³/mol. The molecule has 0 fully saturated rings. The quantitative estimate of drug-likeness (QED) is 0.787. The van der Waals surface area contributed by atoms with Crippen molar-refractivity contribution >= 4 is 38.6 Å². The van der Waals surface area contributed by atoms with Gasteiger partial charge in [0.2, 0.25) is 0 Å². The van der Waals surface area contributed by atoms with Crippen molar-refractivity contribution in [3.63, 3.8) is 0 Å². The van der Waals surface area contributed by atoms with Crippen LogP contribution in [0.4, 0.5) is 5.82 Å². The molecule has 1 amide bonds. The van der Waals surface area contributed by atoms with Gasteiger partial charge in [-0.2, -0.15) is 0 Å². The standard InChI is InChI=1S/C13H8BrN3O2/c14-9-2-1-8-5-11(19-10(8)6-9)13(18)17-12-3-4-15-7-16-12/h1-7H,(H,15,16,17,18). The van der Waals surface area contributed by atoms with Crippen LogP contribution < -0.4 is 5.32 Å². The van der Waals surface area contributed by atoms with Crippen molar-refractivity contribution < 1.29 is 9.21 Å². The van der Waals surface area contributed by atoms with Gasteiger partial charge in [-0.3, -0.25) is 4.79 Å². The number of halogens is 1. The molecule has 1 aromatic carbocycles. The fourth-order valence-corrected chi connectivity index (χ4v) is 2.00. The Morgan fingerprint density at radius 3 is 2.95 bits per heavy atom. The number of benzene rings is 1. The molecule has 19 heavy (non-hydrogen) atoms. The van der Waals surface area contributed by atoms with E-state index < -0.39 is 0 Å². The summed E-state index contributed by atoms with van der Waals surface area (Å²) in [5.41, 5.74) is 0.655. The van der Waals surface area contributed by atoms with Gasteiger partial charge in [0.15, 0.2) is 5.76 Å². The normalized spacial score (nSPS) is 10.6. The van der Waals surface area contributed by atoms with E-state index in [1.807, 2.05) is 18.2 Å². The van der Waals surface area contributed by atoms with Gasteiger partial charge in [-0.1, -0.05) is 15.9 Å². The zero-order valence-corrected chi connectivity index (χ0v) is 11.2. The van der Waals surface area contributed by atoms with Gasteiger partial charge in [-0.15, -0.1) is 0 Å². The second-order valence-corrected chi connectivity index (χ2v) is 4.76. The van der Waals surface area contributed by atoms with Crippen LogP contribution in [0.25, 0.3) is 11.0 Å². The summed E-state index contributed by atoms with van der Waals surface area (Å²) < 4.78 is 6.40. The first-order valence-electron chi connectivity index (χ1n) is 5.49. The van der Waals surface area contributed by atoms with Crippen LogP contribution in [-0.2, 0) is 0 Å². The molecule has 0 unspecified atom stereocenters. The highest BCUT2D eigenvalue weighted by atomic mass is 79.9. The van der Waals surface area contributed by atoms with E-state index >= 15 is 0 Å². The number of anilines is 1. The SMILES string of the molecule is O=C(Nc1ccncn1)c1cc2ccc(Br)cc2o1. The maximum Gasteiger partial charge on any atom is 0.292 e. The summed E-state index contributed by atoms with van der Waals surface area (Å²) in [7, 11) is 0. The van der Waals surface area contributed by atoms with Crippen molar-refractivity contribution in [1.29, 1.82) is 0 Å². The summed E-state index contributed by atoms with van der Waals surface area (Å²) in [6, 6.07) is 8.89. The van der Waals surface area contributed by atoms with E-state index in [4.69, 9.17) is 4.42 Å². The molecule has 0 radical (unpaired) electrons. The lowest BCUT2D eigenvalue weighted by atomic mass is 10.2. The number of carbonyl (C=O) groups is 1. The topological polar surface area (TPSA) is 68.0 Å². The average molecular weight is 318 g/mol. The van der Waals surface area contributed by atoms with Crippen LogP contribution in [0.15, 0.2) is 51.7 Å². The highest BCUT2D eigenvalue weighted by Gasteiger charge is 2.13. The van der Waals surface area contributed by atoms with Crippen LogP contribution in [0.3, 0.4) is 0 Å². The molecule has 3 rings (SSSR count). The molecule has 94 valence electrons. The monoisotopic (exact) mass is 317 g/mol. The summed E-state index contributed by atoms with van der Waals surface area (Å²) in [6.45, 7) is 0. The third kappa shape index (κ3) is 2.48. The van der Waals surface area contributed by atoms with Gasteiger partial charge in [-0.05, 0) is 30.3 Å². The molecule has 0 spiro atoms. The number of nitrogens with one attached hydrogen (secondary N) is 1. The second kappa shape index (κ2) is 4.81. The Morgan fingerprint density at radius 1 is 1.26 bits per heavy atom. The Kier molecular flexibility index (Phi) is 3.00. The number of hydrogen-bond acceptors (Lipinski definition) is 4. The van der Waals surface area contributed by atoms with Gasteiger partial charge >= 0.3 is 0 Å². The van der Waals surface area contributed by atoms with E-state index in [-0.39, 0.29) is 11.7 Å². The van der Waals surface area contributed by atoms with Crippen molar-refractivity contribution in [2.75, 3.05) is 5.32 Å². The molecule has 0 saturated carbocycles. The Balaban J connectivity index is 1.89. The first kappa shape index (κ1) is 11.9. The highest BCUT2D eigenvalue weighted by molar-refractivity contribution is 9.10. The van der Waals surface area contributed by atoms with E-state index in [1.165, 1.54) is 6.33 Å². The molecule has 0 aliphatic heterocycles. The highest BCUT2D eigenvalue weighted by Crippen LogP contribution is 2.23. The molecule has 0 aliphatic carbocycles. The summed E-state index contributed by atoms with van der Waals surface area (Å²) >= 11 is 3.35. The van der Waals surface area contributed by atoms with Gasteiger partial charge < -0.3 is 9.73 Å². The Hall–Kier alpha value is -2.21. The number of amides is 1. The van der Waals surface area contributed by atoms with Gasteiger partial charge in [0.25, 0.3) is 5.91 Å². The van der Waals surface area contributed by atoms with Gasteiger partial charge in [0.05, 0.1) is 0 Å². The largest absolute Gasteiger partial charge is 0.451 e. The van der Waals surface area contributed by atoms with Crippen molar-refractivity contribution in [3.8, 4) is 0 Å². The predicted octanol–water partition coefficient (Wildman–Crippen LogP) is 3.24. The second-order valence-electron chi connectivity index (χ2n) is 3.84. The molecule has 2 heterocycles. The first-order chi connectivity index (χ1) is 9.22. The first-order valence-corrected chi connectivity index (χ1v) is 6.28. The number of furan rings is 1. The number of fused-ring (bicyclic) bond motifs is 1. The summed E-state index contributed by atoms with van der Waals surface area (Å²) in [6.07, 6.45) is 2.92. The molecule has 6 heteroatoms. The third-order valence-corrected chi connectivity index (χ3v) is 3.02. The number of carbonyl (C=O) groups excluding carboxylic acids is 1. The van der Waals surface area contributed by atoms with E-state index in [0.717, 1.165) is 9.86 Å². The number of nitrogens with zero attached hydrogens (tertiary/aromatic N) is 2. The fourth-order valence-electron chi connectivity index (χ4n) is 1.66. The van der Waals surface area contributed by atoms with Crippen molar-refractivity contribution in [1.82, 2.24) is 9.97 Å². The summed E-state index contributed by atoms with van der Waals surface area (Å²) in [5, 5.41) is 3.51. The molecule has 0 atom stereocenters. The zero-order chi connectivity index (χ0) is 13.2. The van der Waals surface area contributed by atoms with Crippen LogP contribution in [0.5, 0.6) is 0 Å². The third-order valence-electron chi connectivity index (χ3n) is 2.53. The van der Waals surface area contributed by atoms with Gasteiger partial charge in [0, 0.05) is 16.1 Å². The van der Waals surface area contributed by atoms with Crippen molar-refractivity contribution in [3.05, 3.63) is 53.1 Å². The van der Waals surface area contributed by atoms with Crippen LogP contribution in [0, 0.1) is 0 Å². The zero-order valence-electron chi connectivity index (χ0n) is 9.63. The molecule has 3 aromatic rings. The lowest BCUT2D eigenvalue weighted by Gasteiger charge is -1.99. The minimum absolute atomic E-state index is 0.242. The average Bonchev–Trinajstić information content (AvgIpc) is 2.83. The maximum atomic E-state index is 12.0. The Labute approximate surface area is 116 Å². The van der Waals surface area contributed by atoms with Gasteiger partial charge in [-0.25, -0.2) is 9.97 Å². The molecule has 5 nitrogen and oxygen atoms in total. The molecule has 0 bridgehead atoms. The van der Waals surface area contributed by atoms with Crippen LogP contribution >= 0.6 is 15.9 Å². The molecular weight excluding hydrogens is 310 g/mol. The molecule has 2 aromatic heterocycles. The summed E-state index contributed by atoms with van der Waals surface area (Å²) in [4.78, 5) is 19.7.